The Hall–Kier alpha value is -1.99. The molecule has 1 heterocycles. The quantitative estimate of drug-likeness (QED) is 0.164. The predicted molar refractivity (Wildman–Crippen MR) is 82.4 cm³/mol. The predicted octanol–water partition coefficient (Wildman–Crippen LogP) is -3.73. The fourth-order valence-electron chi connectivity index (χ4n) is 2.71. The number of ether oxygens (including phenoxy) is 2. The highest BCUT2D eigenvalue weighted by Crippen LogP contribution is 2.33. The minimum Gasteiger partial charge on any atom is -0.477 e. The molecular formula is C13H24N4O8. The number of hydrogen-bond acceptors (Lipinski definition) is 8. The van der Waals surface area contributed by atoms with E-state index in [1.165, 1.54) is 6.92 Å². The van der Waals surface area contributed by atoms with Crippen LogP contribution in [0.1, 0.15) is 13.3 Å². The number of aliphatic carboxylic acids is 1. The largest absolute Gasteiger partial charge is 0.477 e. The lowest BCUT2D eigenvalue weighted by Crippen LogP contribution is -2.71. The van der Waals surface area contributed by atoms with Gasteiger partial charge in [-0.2, -0.15) is 0 Å². The molecule has 25 heavy (non-hydrogen) atoms. The fraction of sp³-hybridized carbons (Fsp3) is 0.769. The van der Waals surface area contributed by atoms with E-state index in [9.17, 15) is 24.9 Å². The summed E-state index contributed by atoms with van der Waals surface area (Å²) >= 11 is 0. The lowest BCUT2D eigenvalue weighted by molar-refractivity contribution is -0.292. The van der Waals surface area contributed by atoms with E-state index in [1.807, 2.05) is 0 Å². The van der Waals surface area contributed by atoms with Crippen molar-refractivity contribution in [1.82, 2.24) is 10.6 Å². The van der Waals surface area contributed by atoms with Gasteiger partial charge in [0.1, 0.15) is 18.3 Å². The van der Waals surface area contributed by atoms with Crippen molar-refractivity contribution in [2.24, 2.45) is 5.73 Å². The number of nitrogens with two attached hydrogens (primary N) is 1. The Bertz CT molecular complexity index is 518. The molecule has 9 N–H and O–H groups in total. The van der Waals surface area contributed by atoms with Gasteiger partial charge in [0.05, 0.1) is 18.7 Å². The van der Waals surface area contributed by atoms with Gasteiger partial charge in [-0.15, -0.1) is 0 Å². The van der Waals surface area contributed by atoms with Gasteiger partial charge in [-0.25, -0.2) is 4.79 Å². The summed E-state index contributed by atoms with van der Waals surface area (Å²) in [5.74, 6) is -4.76. The third-order valence-electron chi connectivity index (χ3n) is 3.89. The first-order valence-electron chi connectivity index (χ1n) is 7.39. The van der Waals surface area contributed by atoms with E-state index < -0.39 is 60.6 Å². The van der Waals surface area contributed by atoms with Crippen molar-refractivity contribution in [3.8, 4) is 0 Å². The Morgan fingerprint density at radius 2 is 2.04 bits per heavy atom. The first-order chi connectivity index (χ1) is 11.6. The average molecular weight is 364 g/mol. The van der Waals surface area contributed by atoms with Crippen LogP contribution in [-0.4, -0.2) is 88.2 Å². The van der Waals surface area contributed by atoms with Crippen LogP contribution in [0.2, 0.25) is 0 Å². The zero-order chi connectivity index (χ0) is 19.4. The molecule has 0 aromatic heterocycles. The molecule has 0 radical (unpaired) electrons. The van der Waals surface area contributed by atoms with Crippen molar-refractivity contribution in [1.29, 1.82) is 5.41 Å². The fourth-order valence-corrected chi connectivity index (χ4v) is 2.71. The number of carboxylic acids is 1. The van der Waals surface area contributed by atoms with Crippen molar-refractivity contribution in [3.63, 3.8) is 0 Å². The van der Waals surface area contributed by atoms with Crippen molar-refractivity contribution in [2.75, 3.05) is 13.7 Å². The van der Waals surface area contributed by atoms with E-state index in [0.29, 0.717) is 0 Å². The van der Waals surface area contributed by atoms with Gasteiger partial charge in [0.25, 0.3) is 5.79 Å². The highest BCUT2D eigenvalue weighted by Gasteiger charge is 2.55. The molecule has 0 aromatic rings. The number of methoxy groups -OCH3 is 1. The molecule has 1 amide bonds. The van der Waals surface area contributed by atoms with Gasteiger partial charge in [-0.05, 0) is 0 Å². The van der Waals surface area contributed by atoms with Gasteiger partial charge in [0.15, 0.2) is 5.96 Å². The molecule has 0 aliphatic carbocycles. The number of nitrogens with one attached hydrogen (secondary N) is 3. The Kier molecular flexibility index (Phi) is 7.07. The van der Waals surface area contributed by atoms with Crippen LogP contribution in [0.3, 0.4) is 0 Å². The molecule has 6 atom stereocenters. The summed E-state index contributed by atoms with van der Waals surface area (Å²) in [5, 5.41) is 50.8. The van der Waals surface area contributed by atoms with Crippen LogP contribution in [0.5, 0.6) is 0 Å². The lowest BCUT2D eigenvalue weighted by Gasteiger charge is -2.47. The molecule has 0 aromatic carbocycles. The highest BCUT2D eigenvalue weighted by molar-refractivity contribution is 5.78. The number of aliphatic hydroxyl groups is 3. The van der Waals surface area contributed by atoms with Crippen LogP contribution in [-0.2, 0) is 19.1 Å². The summed E-state index contributed by atoms with van der Waals surface area (Å²) in [6.07, 6.45) is -5.26. The second-order valence-electron chi connectivity index (χ2n) is 5.68. The zero-order valence-electron chi connectivity index (χ0n) is 13.8. The number of rotatable bonds is 7. The van der Waals surface area contributed by atoms with E-state index in [4.69, 9.17) is 25.7 Å². The molecule has 12 nitrogen and oxygen atoms in total. The maximum absolute atomic E-state index is 11.6. The van der Waals surface area contributed by atoms with Crippen LogP contribution in [0.4, 0.5) is 0 Å². The standard InChI is InChI=1S/C13H24N4O8/c1-5(19)16-8-6(17-12(14)15)3-13(24-2,11(22)23)25-10(8)9(21)7(20)4-18/h6-10,18,20-21H,3-4H2,1-2H3,(H,16,19)(H,22,23)(H4,14,15,17)/t6-,7+,8+,9+,10+,13?/m0/s1. The Morgan fingerprint density at radius 3 is 2.44 bits per heavy atom. The second-order valence-corrected chi connectivity index (χ2v) is 5.68. The van der Waals surface area contributed by atoms with Crippen molar-refractivity contribution >= 4 is 17.8 Å². The van der Waals surface area contributed by atoms with Crippen LogP contribution in [0, 0.1) is 5.41 Å². The number of carbonyl (C=O) groups is 2. The molecule has 144 valence electrons. The van der Waals surface area contributed by atoms with Crippen LogP contribution >= 0.6 is 0 Å². The molecule has 1 saturated heterocycles. The number of carboxylic acid groups (broad SMARTS) is 1. The Morgan fingerprint density at radius 1 is 1.44 bits per heavy atom. The zero-order valence-corrected chi connectivity index (χ0v) is 13.8. The van der Waals surface area contributed by atoms with Gasteiger partial charge < -0.3 is 46.3 Å². The topological polar surface area (TPSA) is 207 Å². The van der Waals surface area contributed by atoms with Gasteiger partial charge in [0, 0.05) is 20.5 Å². The summed E-state index contributed by atoms with van der Waals surface area (Å²) in [7, 11) is 1.07. The maximum atomic E-state index is 11.6. The molecule has 1 aliphatic rings. The molecule has 0 spiro atoms. The first kappa shape index (κ1) is 21.1. The van der Waals surface area contributed by atoms with Gasteiger partial charge in [-0.3, -0.25) is 10.2 Å². The minimum atomic E-state index is -2.22. The van der Waals surface area contributed by atoms with Crippen molar-refractivity contribution < 1.29 is 39.5 Å². The lowest BCUT2D eigenvalue weighted by atomic mass is 9.86. The third kappa shape index (κ3) is 4.76. The van der Waals surface area contributed by atoms with Crippen LogP contribution in [0.25, 0.3) is 0 Å². The summed E-state index contributed by atoms with van der Waals surface area (Å²) in [5.41, 5.74) is 5.31. The number of carbonyl (C=O) groups excluding carboxylic acids is 1. The highest BCUT2D eigenvalue weighted by atomic mass is 16.7. The van der Waals surface area contributed by atoms with E-state index in [2.05, 4.69) is 10.6 Å². The van der Waals surface area contributed by atoms with E-state index in [0.717, 1.165) is 7.11 Å². The van der Waals surface area contributed by atoms with E-state index >= 15 is 0 Å². The summed E-state index contributed by atoms with van der Waals surface area (Å²) < 4.78 is 10.3. The molecule has 0 saturated carbocycles. The molecule has 0 bridgehead atoms. The third-order valence-corrected chi connectivity index (χ3v) is 3.89. The van der Waals surface area contributed by atoms with E-state index in [1.54, 1.807) is 0 Å². The minimum absolute atomic E-state index is 0.359. The van der Waals surface area contributed by atoms with Crippen LogP contribution in [0.15, 0.2) is 0 Å². The van der Waals surface area contributed by atoms with E-state index in [-0.39, 0.29) is 6.42 Å². The summed E-state index contributed by atoms with van der Waals surface area (Å²) in [6, 6.07) is -2.04. The molecule has 12 heteroatoms. The maximum Gasteiger partial charge on any atom is 0.364 e. The molecule has 1 rings (SSSR count). The number of amides is 1. The van der Waals surface area contributed by atoms with Gasteiger partial charge in [-0.1, -0.05) is 0 Å². The van der Waals surface area contributed by atoms with Crippen LogP contribution < -0.4 is 16.4 Å². The second kappa shape index (κ2) is 8.40. The molecule has 1 aliphatic heterocycles. The monoisotopic (exact) mass is 364 g/mol. The van der Waals surface area contributed by atoms with Crippen molar-refractivity contribution in [2.45, 2.75) is 49.5 Å². The Labute approximate surface area is 143 Å². The summed E-state index contributed by atoms with van der Waals surface area (Å²) in [4.78, 5) is 23.1. The van der Waals surface area contributed by atoms with Gasteiger partial charge in [0.2, 0.25) is 5.91 Å². The number of guanidine groups is 1. The normalized spacial score (nSPS) is 31.6. The Balaban J connectivity index is 3.33. The average Bonchev–Trinajstić information content (AvgIpc) is 2.53. The SMILES string of the molecule is COC1(C(=O)O)C[C@H](NC(=N)N)[C@@H](NC(C)=O)[C@H]([C@H](O)[C@H](O)CO)O1. The molecular weight excluding hydrogens is 340 g/mol. The molecule has 1 fully saturated rings. The first-order valence-corrected chi connectivity index (χ1v) is 7.39. The van der Waals surface area contributed by atoms with Gasteiger partial charge >= 0.3 is 5.97 Å². The molecule has 1 unspecified atom stereocenters. The smallest absolute Gasteiger partial charge is 0.364 e. The number of hydrogen-bond donors (Lipinski definition) is 8. The summed E-state index contributed by atoms with van der Waals surface area (Å²) in [6.45, 7) is 0.359. The van der Waals surface area contributed by atoms with Crippen molar-refractivity contribution in [3.05, 3.63) is 0 Å². The number of aliphatic hydroxyl groups excluding tert-OH is 3.